The van der Waals surface area contributed by atoms with Gasteiger partial charge in [0, 0.05) is 24.0 Å². The highest BCUT2D eigenvalue weighted by Crippen LogP contribution is 2.17. The second-order valence-corrected chi connectivity index (χ2v) is 3.23. The average molecular weight is 216 g/mol. The Balaban J connectivity index is 2.86. The van der Waals surface area contributed by atoms with Crippen LogP contribution in [-0.2, 0) is 4.74 Å². The van der Waals surface area contributed by atoms with Crippen molar-refractivity contribution < 1.29 is 4.74 Å². The zero-order valence-corrected chi connectivity index (χ0v) is 8.13. The third-order valence-electron chi connectivity index (χ3n) is 1.55. The van der Waals surface area contributed by atoms with E-state index in [1.807, 2.05) is 13.0 Å². The third-order valence-corrected chi connectivity index (χ3v) is 1.98. The summed E-state index contributed by atoms with van der Waals surface area (Å²) in [4.78, 5) is 4.03. The van der Waals surface area contributed by atoms with Crippen molar-refractivity contribution >= 4 is 15.9 Å². The van der Waals surface area contributed by atoms with E-state index < -0.39 is 0 Å². The Hall–Kier alpha value is -0.410. The number of rotatable bonds is 2. The molecule has 1 heterocycles. The lowest BCUT2D eigenvalue weighted by Crippen LogP contribution is -1.95. The number of methoxy groups -OCH3 is 1. The number of hydrogen-bond acceptors (Lipinski definition) is 2. The molecule has 60 valence electrons. The van der Waals surface area contributed by atoms with Crippen molar-refractivity contribution in [3.63, 3.8) is 0 Å². The summed E-state index contributed by atoms with van der Waals surface area (Å²) >= 11 is 3.34. The first-order chi connectivity index (χ1) is 5.24. The predicted molar refractivity (Wildman–Crippen MR) is 47.4 cm³/mol. The fourth-order valence-electron chi connectivity index (χ4n) is 0.787. The lowest BCUT2D eigenvalue weighted by Gasteiger charge is -2.08. The summed E-state index contributed by atoms with van der Waals surface area (Å²) in [5.41, 5.74) is 1.09. The SMILES string of the molecule is COC(C)c1cncc(Br)c1. The van der Waals surface area contributed by atoms with Crippen LogP contribution in [0.4, 0.5) is 0 Å². The van der Waals surface area contributed by atoms with Crippen molar-refractivity contribution in [1.82, 2.24) is 4.98 Å². The second kappa shape index (κ2) is 3.83. The van der Waals surface area contributed by atoms with Crippen molar-refractivity contribution in [1.29, 1.82) is 0 Å². The van der Waals surface area contributed by atoms with E-state index in [4.69, 9.17) is 4.74 Å². The van der Waals surface area contributed by atoms with Crippen molar-refractivity contribution in [2.45, 2.75) is 13.0 Å². The zero-order valence-electron chi connectivity index (χ0n) is 6.54. The van der Waals surface area contributed by atoms with Crippen LogP contribution in [0.15, 0.2) is 22.9 Å². The Labute approximate surface area is 74.7 Å². The molecule has 1 unspecified atom stereocenters. The molecule has 0 amide bonds. The highest BCUT2D eigenvalue weighted by molar-refractivity contribution is 9.10. The number of halogens is 1. The standard InChI is InChI=1S/C8H10BrNO/c1-6(11-2)7-3-8(9)5-10-4-7/h3-6H,1-2H3. The Bertz CT molecular complexity index is 239. The summed E-state index contributed by atoms with van der Waals surface area (Å²) in [5, 5.41) is 0. The molecule has 0 bridgehead atoms. The molecule has 3 heteroatoms. The van der Waals surface area contributed by atoms with Gasteiger partial charge < -0.3 is 4.74 Å². The largest absolute Gasteiger partial charge is 0.377 e. The van der Waals surface area contributed by atoms with E-state index in [9.17, 15) is 0 Å². The molecule has 11 heavy (non-hydrogen) atoms. The van der Waals surface area contributed by atoms with Crippen LogP contribution in [0.1, 0.15) is 18.6 Å². The van der Waals surface area contributed by atoms with Crippen LogP contribution in [0.2, 0.25) is 0 Å². The molecule has 1 atom stereocenters. The number of nitrogens with zero attached hydrogens (tertiary/aromatic N) is 1. The van der Waals surface area contributed by atoms with Crippen LogP contribution < -0.4 is 0 Å². The Kier molecular flexibility index (Phi) is 3.02. The molecule has 0 radical (unpaired) electrons. The van der Waals surface area contributed by atoms with Gasteiger partial charge in [-0.05, 0) is 34.5 Å². The van der Waals surface area contributed by atoms with Gasteiger partial charge in [-0.25, -0.2) is 0 Å². The van der Waals surface area contributed by atoms with Gasteiger partial charge in [0.1, 0.15) is 0 Å². The van der Waals surface area contributed by atoms with Gasteiger partial charge >= 0.3 is 0 Å². The molecule has 0 aromatic carbocycles. The highest BCUT2D eigenvalue weighted by atomic mass is 79.9. The van der Waals surface area contributed by atoms with Gasteiger partial charge in [-0.15, -0.1) is 0 Å². The van der Waals surface area contributed by atoms with Crippen molar-refractivity contribution in [2.75, 3.05) is 7.11 Å². The maximum Gasteiger partial charge on any atom is 0.0808 e. The van der Waals surface area contributed by atoms with Crippen LogP contribution in [0.5, 0.6) is 0 Å². The van der Waals surface area contributed by atoms with E-state index >= 15 is 0 Å². The Morgan fingerprint density at radius 1 is 1.55 bits per heavy atom. The fraction of sp³-hybridized carbons (Fsp3) is 0.375. The summed E-state index contributed by atoms with van der Waals surface area (Å²) < 4.78 is 6.12. The highest BCUT2D eigenvalue weighted by Gasteiger charge is 2.02. The molecule has 0 spiro atoms. The van der Waals surface area contributed by atoms with Crippen LogP contribution in [0.3, 0.4) is 0 Å². The molecule has 0 aliphatic rings. The van der Waals surface area contributed by atoms with Crippen LogP contribution in [0, 0.1) is 0 Å². The molecule has 1 aromatic heterocycles. The van der Waals surface area contributed by atoms with Gasteiger partial charge in [0.05, 0.1) is 6.10 Å². The average Bonchev–Trinajstić information content (AvgIpc) is 2.03. The van der Waals surface area contributed by atoms with Gasteiger partial charge in [-0.3, -0.25) is 4.98 Å². The molecule has 0 saturated heterocycles. The van der Waals surface area contributed by atoms with Gasteiger partial charge in [0.25, 0.3) is 0 Å². The summed E-state index contributed by atoms with van der Waals surface area (Å²) in [6.07, 6.45) is 3.67. The Morgan fingerprint density at radius 3 is 2.82 bits per heavy atom. The molecule has 1 rings (SSSR count). The minimum atomic E-state index is 0.111. The predicted octanol–water partition coefficient (Wildman–Crippen LogP) is 2.55. The van der Waals surface area contributed by atoms with Crippen molar-refractivity contribution in [3.05, 3.63) is 28.5 Å². The summed E-state index contributed by atoms with van der Waals surface area (Å²) in [7, 11) is 1.69. The summed E-state index contributed by atoms with van der Waals surface area (Å²) in [6.45, 7) is 1.99. The monoisotopic (exact) mass is 215 g/mol. The topological polar surface area (TPSA) is 22.1 Å². The Morgan fingerprint density at radius 2 is 2.27 bits per heavy atom. The van der Waals surface area contributed by atoms with E-state index in [1.165, 1.54) is 0 Å². The van der Waals surface area contributed by atoms with Gasteiger partial charge in [-0.2, -0.15) is 0 Å². The number of aromatic nitrogens is 1. The van der Waals surface area contributed by atoms with E-state index in [0.29, 0.717) is 0 Å². The lowest BCUT2D eigenvalue weighted by atomic mass is 10.2. The number of hydrogen-bond donors (Lipinski definition) is 0. The van der Waals surface area contributed by atoms with E-state index in [-0.39, 0.29) is 6.10 Å². The van der Waals surface area contributed by atoms with Gasteiger partial charge in [0.15, 0.2) is 0 Å². The first-order valence-electron chi connectivity index (χ1n) is 3.37. The van der Waals surface area contributed by atoms with Crippen LogP contribution in [-0.4, -0.2) is 12.1 Å². The minimum Gasteiger partial charge on any atom is -0.377 e. The first kappa shape index (κ1) is 8.68. The zero-order chi connectivity index (χ0) is 8.27. The molecular weight excluding hydrogens is 206 g/mol. The van der Waals surface area contributed by atoms with Gasteiger partial charge in [-0.1, -0.05) is 0 Å². The maximum absolute atomic E-state index is 5.13. The third kappa shape index (κ3) is 2.27. The second-order valence-electron chi connectivity index (χ2n) is 2.31. The first-order valence-corrected chi connectivity index (χ1v) is 4.16. The molecule has 0 fully saturated rings. The minimum absolute atomic E-state index is 0.111. The van der Waals surface area contributed by atoms with Crippen molar-refractivity contribution in [2.24, 2.45) is 0 Å². The van der Waals surface area contributed by atoms with Crippen LogP contribution in [0.25, 0.3) is 0 Å². The molecule has 0 aliphatic carbocycles. The maximum atomic E-state index is 5.13. The quantitative estimate of drug-likeness (QED) is 0.757. The van der Waals surface area contributed by atoms with E-state index in [2.05, 4.69) is 20.9 Å². The molecule has 2 nitrogen and oxygen atoms in total. The van der Waals surface area contributed by atoms with E-state index in [1.54, 1.807) is 19.5 Å². The molecule has 0 aliphatic heterocycles. The summed E-state index contributed by atoms with van der Waals surface area (Å²) in [6, 6.07) is 2.00. The van der Waals surface area contributed by atoms with Gasteiger partial charge in [0.2, 0.25) is 0 Å². The molecule has 0 saturated carbocycles. The normalized spacial score (nSPS) is 13.0. The number of ether oxygens (including phenoxy) is 1. The fourth-order valence-corrected chi connectivity index (χ4v) is 1.17. The number of pyridine rings is 1. The molecular formula is C8H10BrNO. The summed E-state index contributed by atoms with van der Waals surface area (Å²) in [5.74, 6) is 0. The smallest absolute Gasteiger partial charge is 0.0808 e. The molecule has 1 aromatic rings. The lowest BCUT2D eigenvalue weighted by molar-refractivity contribution is 0.119. The van der Waals surface area contributed by atoms with Crippen molar-refractivity contribution in [3.8, 4) is 0 Å². The molecule has 0 N–H and O–H groups in total. The van der Waals surface area contributed by atoms with Crippen LogP contribution >= 0.6 is 15.9 Å². The van der Waals surface area contributed by atoms with E-state index in [0.717, 1.165) is 10.0 Å².